The fraction of sp³-hybridized carbons (Fsp3) is 0.476. The maximum absolute atomic E-state index is 12.9. The van der Waals surface area contributed by atoms with Gasteiger partial charge in [-0.05, 0) is 44.0 Å². The molecule has 0 saturated heterocycles. The molecule has 2 N–H and O–H groups in total. The van der Waals surface area contributed by atoms with Gasteiger partial charge in [-0.3, -0.25) is 4.79 Å². The monoisotopic (exact) mass is 389 g/mol. The van der Waals surface area contributed by atoms with Gasteiger partial charge in [0.05, 0.1) is 25.9 Å². The molecular formula is C21H27NO4S. The number of thiophene rings is 1. The molecule has 1 atom stereocenters. The lowest BCUT2D eigenvalue weighted by Crippen LogP contribution is -2.38. The number of amides is 1. The van der Waals surface area contributed by atoms with Crippen molar-refractivity contribution in [3.05, 3.63) is 45.6 Å². The molecule has 27 heavy (non-hydrogen) atoms. The van der Waals surface area contributed by atoms with Crippen molar-refractivity contribution in [2.45, 2.75) is 44.1 Å². The molecule has 0 unspecified atom stereocenters. The minimum absolute atomic E-state index is 0.0560. The predicted octanol–water partition coefficient (Wildman–Crippen LogP) is 4.06. The van der Waals surface area contributed by atoms with E-state index in [4.69, 9.17) is 9.47 Å². The first-order valence-electron chi connectivity index (χ1n) is 9.28. The molecule has 1 aliphatic rings. The van der Waals surface area contributed by atoms with Crippen LogP contribution in [-0.4, -0.2) is 31.8 Å². The van der Waals surface area contributed by atoms with Gasteiger partial charge in [0.1, 0.15) is 0 Å². The average Bonchev–Trinajstić information content (AvgIpc) is 3.35. The fourth-order valence-corrected chi connectivity index (χ4v) is 5.02. The molecule has 2 aromatic rings. The van der Waals surface area contributed by atoms with Crippen LogP contribution in [0.1, 0.15) is 58.8 Å². The maximum Gasteiger partial charge on any atom is 0.255 e. The third kappa shape index (κ3) is 3.96. The summed E-state index contributed by atoms with van der Waals surface area (Å²) >= 11 is 1.65. The van der Waals surface area contributed by atoms with Crippen LogP contribution in [0.2, 0.25) is 0 Å². The van der Waals surface area contributed by atoms with Crippen molar-refractivity contribution in [2.75, 3.05) is 20.8 Å². The summed E-state index contributed by atoms with van der Waals surface area (Å²) in [6.45, 7) is 2.36. The van der Waals surface area contributed by atoms with E-state index in [2.05, 4.69) is 11.4 Å². The van der Waals surface area contributed by atoms with Crippen LogP contribution in [-0.2, 0) is 5.41 Å². The van der Waals surface area contributed by atoms with Gasteiger partial charge in [-0.25, -0.2) is 0 Å². The summed E-state index contributed by atoms with van der Waals surface area (Å²) in [5.74, 6) is 0.829. The van der Waals surface area contributed by atoms with Gasteiger partial charge in [-0.1, -0.05) is 18.9 Å². The van der Waals surface area contributed by atoms with E-state index in [0.717, 1.165) is 30.6 Å². The number of para-hydroxylation sites is 1. The van der Waals surface area contributed by atoms with Gasteiger partial charge < -0.3 is 19.9 Å². The van der Waals surface area contributed by atoms with Gasteiger partial charge in [0, 0.05) is 21.7 Å². The molecule has 1 fully saturated rings. The Bertz CT molecular complexity index is 793. The Hall–Kier alpha value is -2.05. The average molecular weight is 390 g/mol. The second-order valence-corrected chi connectivity index (χ2v) is 8.20. The zero-order chi connectivity index (χ0) is 19.4. The van der Waals surface area contributed by atoms with E-state index in [9.17, 15) is 9.90 Å². The Morgan fingerprint density at radius 2 is 1.96 bits per heavy atom. The van der Waals surface area contributed by atoms with Crippen molar-refractivity contribution in [2.24, 2.45) is 0 Å². The van der Waals surface area contributed by atoms with Crippen LogP contribution in [0, 0.1) is 0 Å². The van der Waals surface area contributed by atoms with Crippen molar-refractivity contribution in [1.82, 2.24) is 5.32 Å². The highest BCUT2D eigenvalue weighted by atomic mass is 32.1. The van der Waals surface area contributed by atoms with E-state index >= 15 is 0 Å². The SMILES string of the molecule is COc1cccc(C(=O)NCC2(c3ccc([C@H](C)O)s3)CCCC2)c1OC. The second-order valence-electron chi connectivity index (χ2n) is 7.09. The number of benzene rings is 1. The highest BCUT2D eigenvalue weighted by Gasteiger charge is 2.37. The van der Waals surface area contributed by atoms with Crippen LogP contribution in [0.3, 0.4) is 0 Å². The highest BCUT2D eigenvalue weighted by Crippen LogP contribution is 2.44. The molecular weight excluding hydrogens is 362 g/mol. The standard InChI is InChI=1S/C21H27NO4S/c1-14(23)17-9-10-18(27-17)21(11-4-5-12-21)13-22-20(24)15-7-6-8-16(25-2)19(15)26-3/h6-10,14,23H,4-5,11-13H2,1-3H3,(H,22,24)/t14-/m0/s1. The summed E-state index contributed by atoms with van der Waals surface area (Å²) in [5, 5.41) is 13.0. The summed E-state index contributed by atoms with van der Waals surface area (Å²) in [6.07, 6.45) is 3.93. The van der Waals surface area contributed by atoms with Gasteiger partial charge in [-0.2, -0.15) is 0 Å². The van der Waals surface area contributed by atoms with Gasteiger partial charge in [0.25, 0.3) is 5.91 Å². The molecule has 3 rings (SSSR count). The first-order chi connectivity index (χ1) is 13.0. The normalized spacial score (nSPS) is 16.7. The quantitative estimate of drug-likeness (QED) is 0.749. The number of carbonyl (C=O) groups excluding carboxylic acids is 1. The zero-order valence-corrected chi connectivity index (χ0v) is 16.9. The number of aliphatic hydroxyl groups is 1. The third-order valence-corrected chi connectivity index (χ3v) is 6.86. The zero-order valence-electron chi connectivity index (χ0n) is 16.1. The largest absolute Gasteiger partial charge is 0.493 e. The topological polar surface area (TPSA) is 67.8 Å². The number of aliphatic hydroxyl groups excluding tert-OH is 1. The third-order valence-electron chi connectivity index (χ3n) is 5.36. The van der Waals surface area contributed by atoms with Crippen molar-refractivity contribution in [3.8, 4) is 11.5 Å². The van der Waals surface area contributed by atoms with Crippen LogP contribution in [0.15, 0.2) is 30.3 Å². The Morgan fingerprint density at radius 1 is 1.22 bits per heavy atom. The van der Waals surface area contributed by atoms with E-state index in [1.807, 2.05) is 6.07 Å². The first-order valence-corrected chi connectivity index (χ1v) is 10.1. The van der Waals surface area contributed by atoms with E-state index < -0.39 is 6.10 Å². The molecule has 0 radical (unpaired) electrons. The fourth-order valence-electron chi connectivity index (χ4n) is 3.84. The summed E-state index contributed by atoms with van der Waals surface area (Å²) in [4.78, 5) is 15.1. The molecule has 1 aliphatic carbocycles. The van der Waals surface area contributed by atoms with Crippen LogP contribution >= 0.6 is 11.3 Å². The molecule has 146 valence electrons. The van der Waals surface area contributed by atoms with E-state index in [0.29, 0.717) is 23.6 Å². The predicted molar refractivity (Wildman–Crippen MR) is 107 cm³/mol. The molecule has 1 heterocycles. The molecule has 1 amide bonds. The minimum atomic E-state index is -0.460. The molecule has 0 spiro atoms. The minimum Gasteiger partial charge on any atom is -0.493 e. The number of rotatable bonds is 7. The molecule has 1 saturated carbocycles. The molecule has 1 aromatic carbocycles. The van der Waals surface area contributed by atoms with Gasteiger partial charge in [0.15, 0.2) is 11.5 Å². The number of hydrogen-bond donors (Lipinski definition) is 2. The molecule has 0 bridgehead atoms. The number of methoxy groups -OCH3 is 2. The molecule has 0 aliphatic heterocycles. The number of hydrogen-bond acceptors (Lipinski definition) is 5. The van der Waals surface area contributed by atoms with Crippen molar-refractivity contribution in [3.63, 3.8) is 0 Å². The van der Waals surface area contributed by atoms with E-state index in [-0.39, 0.29) is 11.3 Å². The maximum atomic E-state index is 12.9. The van der Waals surface area contributed by atoms with Crippen molar-refractivity contribution >= 4 is 17.2 Å². The first kappa shape index (κ1) is 19.7. The van der Waals surface area contributed by atoms with Crippen LogP contribution < -0.4 is 14.8 Å². The van der Waals surface area contributed by atoms with Crippen LogP contribution in [0.25, 0.3) is 0 Å². The summed E-state index contributed by atoms with van der Waals surface area (Å²) in [5.41, 5.74) is 0.417. The van der Waals surface area contributed by atoms with E-state index in [1.165, 1.54) is 12.0 Å². The Balaban J connectivity index is 1.80. The Morgan fingerprint density at radius 3 is 2.56 bits per heavy atom. The Labute approximate surface area is 164 Å². The van der Waals surface area contributed by atoms with Crippen LogP contribution in [0.4, 0.5) is 0 Å². The van der Waals surface area contributed by atoms with Crippen LogP contribution in [0.5, 0.6) is 11.5 Å². The summed E-state index contributed by atoms with van der Waals surface area (Å²) in [6, 6.07) is 9.41. The summed E-state index contributed by atoms with van der Waals surface area (Å²) in [7, 11) is 3.10. The Kier molecular flexibility index (Phi) is 6.07. The summed E-state index contributed by atoms with van der Waals surface area (Å²) < 4.78 is 10.7. The molecule has 6 heteroatoms. The number of carbonyl (C=O) groups is 1. The lowest BCUT2D eigenvalue weighted by atomic mass is 9.84. The van der Waals surface area contributed by atoms with Gasteiger partial charge >= 0.3 is 0 Å². The van der Waals surface area contributed by atoms with Gasteiger partial charge in [0.2, 0.25) is 0 Å². The van der Waals surface area contributed by atoms with Crippen molar-refractivity contribution < 1.29 is 19.4 Å². The van der Waals surface area contributed by atoms with Gasteiger partial charge in [-0.15, -0.1) is 11.3 Å². The number of ether oxygens (including phenoxy) is 2. The highest BCUT2D eigenvalue weighted by molar-refractivity contribution is 7.12. The van der Waals surface area contributed by atoms with E-state index in [1.54, 1.807) is 43.6 Å². The van der Waals surface area contributed by atoms with Crippen molar-refractivity contribution in [1.29, 1.82) is 0 Å². The molecule has 5 nitrogen and oxygen atoms in total. The second kappa shape index (κ2) is 8.31. The smallest absolute Gasteiger partial charge is 0.255 e. The lowest BCUT2D eigenvalue weighted by Gasteiger charge is -2.28. The number of nitrogens with one attached hydrogen (secondary N) is 1. The molecule has 1 aromatic heterocycles. The lowest BCUT2D eigenvalue weighted by molar-refractivity contribution is 0.0939.